The molecule has 0 saturated carbocycles. The lowest BCUT2D eigenvalue weighted by Gasteiger charge is -2.36. The number of piperazine rings is 1. The van der Waals surface area contributed by atoms with Crippen molar-refractivity contribution in [3.05, 3.63) is 81.1 Å². The predicted molar refractivity (Wildman–Crippen MR) is 139 cm³/mol. The van der Waals surface area contributed by atoms with Gasteiger partial charge >= 0.3 is 5.69 Å². The maximum absolute atomic E-state index is 13.4. The van der Waals surface area contributed by atoms with Crippen LogP contribution in [0, 0.1) is 5.82 Å². The zero-order valence-electron chi connectivity index (χ0n) is 20.6. The number of carbonyl (C=O) groups excluding carboxylic acids is 1. The summed E-state index contributed by atoms with van der Waals surface area (Å²) in [6, 6.07) is 10.3. The molecule has 0 radical (unpaired) electrons. The van der Waals surface area contributed by atoms with Crippen molar-refractivity contribution in [2.45, 2.75) is 13.1 Å². The van der Waals surface area contributed by atoms with Gasteiger partial charge in [0.25, 0.3) is 5.56 Å². The molecule has 1 aliphatic rings. The van der Waals surface area contributed by atoms with Crippen LogP contribution in [0.5, 0.6) is 0 Å². The van der Waals surface area contributed by atoms with E-state index in [4.69, 9.17) is 0 Å². The Bertz CT molecular complexity index is 1570. The monoisotopic (exact) mass is 508 g/mol. The lowest BCUT2D eigenvalue weighted by Crippen LogP contribution is -2.46. The second-order valence-corrected chi connectivity index (χ2v) is 9.09. The van der Waals surface area contributed by atoms with E-state index in [9.17, 15) is 18.8 Å². The maximum atomic E-state index is 13.4. The minimum atomic E-state index is -0.512. The Kier molecular flexibility index (Phi) is 6.57. The van der Waals surface area contributed by atoms with E-state index < -0.39 is 11.2 Å². The Morgan fingerprint density at radius 2 is 1.84 bits per heavy atom. The molecule has 0 unspecified atom stereocenters. The molecule has 1 aliphatic heterocycles. The molecule has 1 fully saturated rings. The van der Waals surface area contributed by atoms with E-state index >= 15 is 0 Å². The quantitative estimate of drug-likeness (QED) is 0.416. The smallest absolute Gasteiger partial charge is 0.332 e. The van der Waals surface area contributed by atoms with Crippen LogP contribution < -0.4 is 21.5 Å². The van der Waals surface area contributed by atoms with Crippen LogP contribution in [0.4, 0.5) is 15.9 Å². The summed E-state index contributed by atoms with van der Waals surface area (Å²) in [6.07, 6.45) is 3.09. The summed E-state index contributed by atoms with van der Waals surface area (Å²) in [5, 5.41) is 2.74. The predicted octanol–water partition coefficient (Wildman–Crippen LogP) is 1.17. The third-order valence-electron chi connectivity index (χ3n) is 6.58. The normalized spacial score (nSPS) is 14.3. The summed E-state index contributed by atoms with van der Waals surface area (Å²) >= 11 is 0. The molecule has 1 saturated heterocycles. The molecule has 0 aliphatic carbocycles. The van der Waals surface area contributed by atoms with Gasteiger partial charge in [0.2, 0.25) is 5.91 Å². The van der Waals surface area contributed by atoms with Crippen LogP contribution in [-0.2, 0) is 32.0 Å². The van der Waals surface area contributed by atoms with Crippen LogP contribution in [0.25, 0.3) is 11.2 Å². The highest BCUT2D eigenvalue weighted by molar-refractivity contribution is 5.90. The van der Waals surface area contributed by atoms with Crippen LogP contribution in [-0.4, -0.2) is 60.7 Å². The molecule has 1 N–H and O–H groups in total. The number of rotatable bonds is 6. The number of hydrogen-bond donors (Lipinski definition) is 1. The Labute approximate surface area is 212 Å². The Morgan fingerprint density at radius 3 is 2.54 bits per heavy atom. The van der Waals surface area contributed by atoms with E-state index in [0.717, 1.165) is 42.0 Å². The van der Waals surface area contributed by atoms with E-state index in [1.54, 1.807) is 24.4 Å². The van der Waals surface area contributed by atoms with Crippen LogP contribution in [0.3, 0.4) is 0 Å². The second kappa shape index (κ2) is 9.97. The number of benzene rings is 1. The summed E-state index contributed by atoms with van der Waals surface area (Å²) in [7, 11) is 2.91. The molecule has 0 bridgehead atoms. The van der Waals surface area contributed by atoms with Crippen molar-refractivity contribution in [3.63, 3.8) is 0 Å². The number of imidazole rings is 1. The molecule has 194 valence electrons. The van der Waals surface area contributed by atoms with Gasteiger partial charge in [0, 0.05) is 48.2 Å². The SMILES string of the molecule is Cn1c(=O)c2c(ncn2CC(=O)Nc2ccc(N3CCN(Cc4cccc(F)c4)CC3)cn2)n(C)c1=O.[HH]. The van der Waals surface area contributed by atoms with Crippen molar-refractivity contribution < 1.29 is 10.6 Å². The Morgan fingerprint density at radius 1 is 1.05 bits per heavy atom. The van der Waals surface area contributed by atoms with Gasteiger partial charge in [-0.15, -0.1) is 0 Å². The number of aromatic nitrogens is 5. The molecule has 5 rings (SSSR count). The van der Waals surface area contributed by atoms with Crippen molar-refractivity contribution in [3.8, 4) is 0 Å². The van der Waals surface area contributed by atoms with Gasteiger partial charge in [-0.1, -0.05) is 12.1 Å². The third kappa shape index (κ3) is 5.00. The number of aryl methyl sites for hydroxylation is 1. The molecule has 4 heterocycles. The summed E-state index contributed by atoms with van der Waals surface area (Å²) in [5.74, 6) is -0.200. The van der Waals surface area contributed by atoms with Gasteiger partial charge in [0.1, 0.15) is 18.2 Å². The van der Waals surface area contributed by atoms with E-state index in [1.807, 2.05) is 12.1 Å². The van der Waals surface area contributed by atoms with Gasteiger partial charge in [0.15, 0.2) is 11.2 Å². The van der Waals surface area contributed by atoms with E-state index in [-0.39, 0.29) is 30.9 Å². The van der Waals surface area contributed by atoms with Crippen LogP contribution >= 0.6 is 0 Å². The fraction of sp³-hybridized carbons (Fsp3) is 0.320. The molecular formula is C25H29FN8O3. The molecule has 12 heteroatoms. The van der Waals surface area contributed by atoms with Crippen LogP contribution in [0.2, 0.25) is 0 Å². The number of amides is 1. The van der Waals surface area contributed by atoms with E-state index in [0.29, 0.717) is 12.4 Å². The highest BCUT2D eigenvalue weighted by atomic mass is 19.1. The standard InChI is InChI=1S/C25H27FN8O3.H2/c1-30-23-22(24(36)31(2)25(30)37)34(16-28-23)15-21(35)29-20-7-6-19(13-27-20)33-10-8-32(9-11-33)14-17-4-3-5-18(26)12-17;/h3-7,12-13,16H,8-11,14-15H2,1-2H3,(H,27,29,35);1H. The first-order valence-electron chi connectivity index (χ1n) is 11.9. The minimum absolute atomic E-state index is 0. The Hall–Kier alpha value is -4.32. The van der Waals surface area contributed by atoms with Crippen molar-refractivity contribution in [2.24, 2.45) is 14.1 Å². The number of anilines is 2. The maximum Gasteiger partial charge on any atom is 0.332 e. The number of nitrogens with one attached hydrogen (secondary N) is 1. The van der Waals surface area contributed by atoms with Crippen molar-refractivity contribution >= 4 is 28.6 Å². The van der Waals surface area contributed by atoms with Gasteiger partial charge in [-0.2, -0.15) is 0 Å². The topological polar surface area (TPSA) is 110 Å². The van der Waals surface area contributed by atoms with Crippen LogP contribution in [0.15, 0.2) is 58.5 Å². The van der Waals surface area contributed by atoms with Gasteiger partial charge in [-0.05, 0) is 29.8 Å². The van der Waals surface area contributed by atoms with Crippen LogP contribution in [0.1, 0.15) is 6.99 Å². The molecule has 4 aromatic rings. The molecule has 3 aromatic heterocycles. The van der Waals surface area contributed by atoms with Gasteiger partial charge < -0.3 is 14.8 Å². The minimum Gasteiger partial charge on any atom is -0.368 e. The number of halogens is 1. The summed E-state index contributed by atoms with van der Waals surface area (Å²) in [4.78, 5) is 50.3. The van der Waals surface area contributed by atoms with E-state index in [1.165, 1.54) is 35.6 Å². The first kappa shape index (κ1) is 24.4. The Balaban J connectivity index is 0.00000336. The highest BCUT2D eigenvalue weighted by Crippen LogP contribution is 2.18. The number of fused-ring (bicyclic) bond motifs is 1. The molecule has 1 amide bonds. The summed E-state index contributed by atoms with van der Waals surface area (Å²) < 4.78 is 17.1. The number of nitrogens with zero attached hydrogens (tertiary/aromatic N) is 7. The first-order valence-corrected chi connectivity index (χ1v) is 11.9. The molecule has 11 nitrogen and oxygen atoms in total. The lowest BCUT2D eigenvalue weighted by molar-refractivity contribution is -0.116. The first-order chi connectivity index (χ1) is 17.8. The zero-order valence-corrected chi connectivity index (χ0v) is 20.6. The zero-order chi connectivity index (χ0) is 26.1. The third-order valence-corrected chi connectivity index (χ3v) is 6.58. The molecule has 37 heavy (non-hydrogen) atoms. The van der Waals surface area contributed by atoms with Gasteiger partial charge in [-0.3, -0.25) is 23.6 Å². The van der Waals surface area contributed by atoms with E-state index in [2.05, 4.69) is 25.1 Å². The molecule has 0 spiro atoms. The molecule has 0 atom stereocenters. The highest BCUT2D eigenvalue weighted by Gasteiger charge is 2.19. The number of hydrogen-bond acceptors (Lipinski definition) is 7. The average Bonchev–Trinajstić information content (AvgIpc) is 3.30. The number of pyridine rings is 1. The molecular weight excluding hydrogens is 479 g/mol. The van der Waals surface area contributed by atoms with Gasteiger partial charge in [0.05, 0.1) is 18.2 Å². The summed E-state index contributed by atoms with van der Waals surface area (Å²) in [6.45, 7) is 3.88. The second-order valence-electron chi connectivity index (χ2n) is 9.09. The van der Waals surface area contributed by atoms with Crippen molar-refractivity contribution in [1.29, 1.82) is 0 Å². The lowest BCUT2D eigenvalue weighted by atomic mass is 10.2. The fourth-order valence-corrected chi connectivity index (χ4v) is 4.56. The fourth-order valence-electron chi connectivity index (χ4n) is 4.56. The summed E-state index contributed by atoms with van der Waals surface area (Å²) in [5.41, 5.74) is 1.32. The molecule has 1 aromatic carbocycles. The van der Waals surface area contributed by atoms with Gasteiger partial charge in [-0.25, -0.2) is 19.2 Å². The largest absolute Gasteiger partial charge is 0.368 e. The van der Waals surface area contributed by atoms with Crippen molar-refractivity contribution in [2.75, 3.05) is 36.4 Å². The number of carbonyl (C=O) groups is 1. The average molecular weight is 509 g/mol. The van der Waals surface area contributed by atoms with Crippen molar-refractivity contribution in [1.82, 2.24) is 28.6 Å².